The number of nitrogens with one attached hydrogen (secondary N) is 1. The van der Waals surface area contributed by atoms with E-state index in [2.05, 4.69) is 12.2 Å². The number of rotatable bonds is 5. The molecule has 0 spiro atoms. The van der Waals surface area contributed by atoms with E-state index in [-0.39, 0.29) is 11.8 Å². The molecule has 114 valence electrons. The van der Waals surface area contributed by atoms with E-state index in [0.29, 0.717) is 18.0 Å². The van der Waals surface area contributed by atoms with Gasteiger partial charge in [-0.25, -0.2) is 0 Å². The van der Waals surface area contributed by atoms with Gasteiger partial charge in [0.25, 0.3) is 0 Å². The molecular weight excluding hydrogens is 248 g/mol. The van der Waals surface area contributed by atoms with Gasteiger partial charge in [0, 0.05) is 18.5 Å². The molecule has 3 heteroatoms. The number of hydrogen-bond acceptors (Lipinski definition) is 2. The molecule has 3 nitrogen and oxygen atoms in total. The van der Waals surface area contributed by atoms with Gasteiger partial charge in [-0.2, -0.15) is 0 Å². The smallest absolute Gasteiger partial charge is 0.224 e. The summed E-state index contributed by atoms with van der Waals surface area (Å²) in [7, 11) is 0. The van der Waals surface area contributed by atoms with Crippen LogP contribution < -0.4 is 11.1 Å². The van der Waals surface area contributed by atoms with Gasteiger partial charge in [-0.1, -0.05) is 6.92 Å². The van der Waals surface area contributed by atoms with Crippen LogP contribution in [0.3, 0.4) is 0 Å². The quantitative estimate of drug-likeness (QED) is 0.812. The molecule has 4 saturated carbocycles. The molecule has 0 saturated heterocycles. The first kappa shape index (κ1) is 14.4. The summed E-state index contributed by atoms with van der Waals surface area (Å²) in [6.07, 6.45) is 9.26. The minimum absolute atomic E-state index is 0.00800. The molecule has 3 N–H and O–H groups in total. The zero-order valence-electron chi connectivity index (χ0n) is 13.0. The molecule has 4 fully saturated rings. The van der Waals surface area contributed by atoms with Crippen molar-refractivity contribution in [2.24, 2.45) is 34.8 Å². The van der Waals surface area contributed by atoms with E-state index in [0.717, 1.165) is 24.2 Å². The van der Waals surface area contributed by atoms with Crippen LogP contribution in [0.25, 0.3) is 0 Å². The lowest BCUT2D eigenvalue weighted by Gasteiger charge is -2.59. The highest BCUT2D eigenvalue weighted by atomic mass is 16.1. The first-order valence-corrected chi connectivity index (χ1v) is 8.56. The molecule has 2 atom stereocenters. The SMILES string of the molecule is CCC(CN)C(=O)NC(C)C12CC3CC(CC(C3)C1)C2. The zero-order chi connectivity index (χ0) is 14.3. The van der Waals surface area contributed by atoms with Gasteiger partial charge in [0.2, 0.25) is 5.91 Å². The van der Waals surface area contributed by atoms with Crippen molar-refractivity contribution < 1.29 is 4.79 Å². The molecule has 0 aromatic carbocycles. The molecular formula is C17H30N2O. The van der Waals surface area contributed by atoms with Crippen molar-refractivity contribution in [1.82, 2.24) is 5.32 Å². The molecule has 4 aliphatic rings. The summed E-state index contributed by atoms with van der Waals surface area (Å²) < 4.78 is 0. The third-order valence-electron chi connectivity index (χ3n) is 6.51. The van der Waals surface area contributed by atoms with E-state index in [4.69, 9.17) is 5.73 Å². The Bertz CT molecular complexity index is 340. The van der Waals surface area contributed by atoms with Crippen LogP contribution in [0.2, 0.25) is 0 Å². The summed E-state index contributed by atoms with van der Waals surface area (Å²) in [5.41, 5.74) is 6.11. The van der Waals surface area contributed by atoms with Gasteiger partial charge in [-0.05, 0) is 75.0 Å². The first-order chi connectivity index (χ1) is 9.56. The Labute approximate surface area is 123 Å². The number of hydrogen-bond donors (Lipinski definition) is 2. The summed E-state index contributed by atoms with van der Waals surface area (Å²) >= 11 is 0. The Hall–Kier alpha value is -0.570. The molecule has 0 aliphatic heterocycles. The van der Waals surface area contributed by atoms with E-state index in [9.17, 15) is 4.79 Å². The second-order valence-electron chi connectivity index (χ2n) is 7.85. The number of amides is 1. The molecule has 20 heavy (non-hydrogen) atoms. The highest BCUT2D eigenvalue weighted by molar-refractivity contribution is 5.79. The summed E-state index contributed by atoms with van der Waals surface area (Å²) in [4.78, 5) is 12.3. The van der Waals surface area contributed by atoms with Gasteiger partial charge >= 0.3 is 0 Å². The molecule has 0 aromatic rings. The second kappa shape index (κ2) is 5.32. The molecule has 4 bridgehead atoms. The standard InChI is InChI=1S/C17H30N2O/c1-3-15(10-18)16(20)19-11(2)17-7-12-4-13(8-17)6-14(5-12)9-17/h11-15H,3-10,18H2,1-2H3,(H,19,20). The van der Waals surface area contributed by atoms with Crippen molar-refractivity contribution in [1.29, 1.82) is 0 Å². The Morgan fingerprint density at radius 2 is 1.70 bits per heavy atom. The molecule has 4 aliphatic carbocycles. The van der Waals surface area contributed by atoms with Gasteiger partial charge in [-0.15, -0.1) is 0 Å². The van der Waals surface area contributed by atoms with Gasteiger partial charge in [0.1, 0.15) is 0 Å². The molecule has 0 heterocycles. The van der Waals surface area contributed by atoms with Gasteiger partial charge in [0.05, 0.1) is 0 Å². The predicted octanol–water partition coefficient (Wildman–Crippen LogP) is 2.69. The topological polar surface area (TPSA) is 55.1 Å². The molecule has 0 aromatic heterocycles. The van der Waals surface area contributed by atoms with E-state index >= 15 is 0 Å². The Morgan fingerprint density at radius 1 is 1.20 bits per heavy atom. The lowest BCUT2D eigenvalue weighted by atomic mass is 9.48. The molecule has 2 unspecified atom stereocenters. The molecule has 4 rings (SSSR count). The predicted molar refractivity (Wildman–Crippen MR) is 81.0 cm³/mol. The van der Waals surface area contributed by atoms with Gasteiger partial charge < -0.3 is 11.1 Å². The molecule has 1 amide bonds. The van der Waals surface area contributed by atoms with Crippen molar-refractivity contribution >= 4 is 5.91 Å². The van der Waals surface area contributed by atoms with Crippen LogP contribution in [0.5, 0.6) is 0 Å². The minimum Gasteiger partial charge on any atom is -0.353 e. The fourth-order valence-electron chi connectivity index (χ4n) is 5.65. The van der Waals surface area contributed by atoms with Crippen molar-refractivity contribution in [2.45, 2.75) is 64.8 Å². The van der Waals surface area contributed by atoms with Crippen LogP contribution in [0.15, 0.2) is 0 Å². The Kier molecular flexibility index (Phi) is 3.83. The monoisotopic (exact) mass is 278 g/mol. The maximum atomic E-state index is 12.3. The fourth-order valence-corrected chi connectivity index (χ4v) is 5.65. The Balaban J connectivity index is 1.67. The highest BCUT2D eigenvalue weighted by Gasteiger charge is 2.53. The van der Waals surface area contributed by atoms with Gasteiger partial charge in [-0.3, -0.25) is 4.79 Å². The van der Waals surface area contributed by atoms with E-state index in [1.807, 2.05) is 6.92 Å². The van der Waals surface area contributed by atoms with Crippen molar-refractivity contribution in [3.63, 3.8) is 0 Å². The van der Waals surface area contributed by atoms with E-state index < -0.39 is 0 Å². The third kappa shape index (κ3) is 2.38. The maximum absolute atomic E-state index is 12.3. The number of carbonyl (C=O) groups is 1. The second-order valence-corrected chi connectivity index (χ2v) is 7.85. The average Bonchev–Trinajstić information content (AvgIpc) is 2.38. The van der Waals surface area contributed by atoms with Crippen LogP contribution in [-0.4, -0.2) is 18.5 Å². The van der Waals surface area contributed by atoms with Gasteiger partial charge in [0.15, 0.2) is 0 Å². The average molecular weight is 278 g/mol. The normalized spacial score (nSPS) is 41.5. The Morgan fingerprint density at radius 3 is 2.10 bits per heavy atom. The van der Waals surface area contributed by atoms with E-state index in [1.165, 1.54) is 38.5 Å². The third-order valence-corrected chi connectivity index (χ3v) is 6.51. The lowest BCUT2D eigenvalue weighted by molar-refractivity contribution is -0.129. The van der Waals surface area contributed by atoms with Crippen LogP contribution in [0, 0.1) is 29.1 Å². The zero-order valence-corrected chi connectivity index (χ0v) is 13.0. The lowest BCUT2D eigenvalue weighted by Crippen LogP contribution is -2.56. The molecule has 0 radical (unpaired) electrons. The summed E-state index contributed by atoms with van der Waals surface area (Å²) in [6, 6.07) is 0.323. The fraction of sp³-hybridized carbons (Fsp3) is 0.941. The largest absolute Gasteiger partial charge is 0.353 e. The van der Waals surface area contributed by atoms with Crippen molar-refractivity contribution in [3.05, 3.63) is 0 Å². The number of nitrogens with two attached hydrogens (primary N) is 1. The van der Waals surface area contributed by atoms with Crippen LogP contribution in [0.4, 0.5) is 0 Å². The van der Waals surface area contributed by atoms with Crippen molar-refractivity contribution in [2.75, 3.05) is 6.54 Å². The van der Waals surface area contributed by atoms with Crippen LogP contribution in [0.1, 0.15) is 58.8 Å². The highest BCUT2D eigenvalue weighted by Crippen LogP contribution is 2.61. The van der Waals surface area contributed by atoms with Crippen LogP contribution in [-0.2, 0) is 4.79 Å². The summed E-state index contributed by atoms with van der Waals surface area (Å²) in [6.45, 7) is 4.76. The summed E-state index contributed by atoms with van der Waals surface area (Å²) in [5.74, 6) is 3.00. The van der Waals surface area contributed by atoms with Crippen LogP contribution >= 0.6 is 0 Å². The first-order valence-electron chi connectivity index (χ1n) is 8.56. The summed E-state index contributed by atoms with van der Waals surface area (Å²) in [5, 5.41) is 3.32. The van der Waals surface area contributed by atoms with Crippen molar-refractivity contribution in [3.8, 4) is 0 Å². The number of carbonyl (C=O) groups excluding carboxylic acids is 1. The maximum Gasteiger partial charge on any atom is 0.224 e. The van der Waals surface area contributed by atoms with E-state index in [1.54, 1.807) is 0 Å². The minimum atomic E-state index is -0.00800.